The number of carbonyl (C=O) groups is 1. The Bertz CT molecular complexity index is 315. The molecule has 15 heavy (non-hydrogen) atoms. The third-order valence-corrected chi connectivity index (χ3v) is 4.03. The highest BCUT2D eigenvalue weighted by atomic mass is 79.9. The van der Waals surface area contributed by atoms with Gasteiger partial charge >= 0.3 is 5.97 Å². The molecular formula is C12H19BrO2. The van der Waals surface area contributed by atoms with Crippen LogP contribution < -0.4 is 0 Å². The first-order valence-electron chi connectivity index (χ1n) is 5.17. The lowest BCUT2D eigenvalue weighted by Gasteiger charge is -2.39. The van der Waals surface area contributed by atoms with Crippen LogP contribution >= 0.6 is 15.9 Å². The molecule has 1 atom stereocenters. The van der Waals surface area contributed by atoms with Crippen LogP contribution in [0, 0.1) is 16.7 Å². The maximum absolute atomic E-state index is 11.4. The van der Waals surface area contributed by atoms with Crippen LogP contribution in [0.5, 0.6) is 0 Å². The van der Waals surface area contributed by atoms with Crippen LogP contribution in [0.3, 0.4) is 0 Å². The molecule has 0 aliphatic carbocycles. The predicted molar refractivity (Wildman–Crippen MR) is 64.4 cm³/mol. The summed E-state index contributed by atoms with van der Waals surface area (Å²) < 4.78 is 6.16. The highest BCUT2D eigenvalue weighted by Crippen LogP contribution is 2.47. The highest BCUT2D eigenvalue weighted by Gasteiger charge is 2.48. The van der Waals surface area contributed by atoms with Crippen molar-refractivity contribution in [1.29, 1.82) is 0 Å². The minimum Gasteiger partial charge on any atom is -0.429 e. The average Bonchev–Trinajstić information content (AvgIpc) is 1.92. The second kappa shape index (κ2) is 3.62. The van der Waals surface area contributed by atoms with E-state index in [9.17, 15) is 4.79 Å². The van der Waals surface area contributed by atoms with Crippen LogP contribution in [-0.2, 0) is 9.53 Å². The first kappa shape index (κ1) is 12.8. The summed E-state index contributed by atoms with van der Waals surface area (Å²) in [6, 6.07) is 0. The van der Waals surface area contributed by atoms with Crippen molar-refractivity contribution in [2.24, 2.45) is 16.7 Å². The molecule has 1 saturated heterocycles. The molecule has 0 aromatic carbocycles. The zero-order valence-corrected chi connectivity index (χ0v) is 11.9. The Kier molecular flexibility index (Phi) is 3.08. The largest absolute Gasteiger partial charge is 0.429 e. The molecule has 3 heteroatoms. The number of ether oxygens (including phenoxy) is 1. The van der Waals surface area contributed by atoms with Gasteiger partial charge in [-0.15, -0.1) is 0 Å². The van der Waals surface area contributed by atoms with Gasteiger partial charge in [-0.1, -0.05) is 57.5 Å². The van der Waals surface area contributed by atoms with Crippen molar-refractivity contribution >= 4 is 21.9 Å². The second-order valence-corrected chi connectivity index (χ2v) is 6.94. The molecule has 1 fully saturated rings. The fourth-order valence-corrected chi connectivity index (χ4v) is 1.87. The topological polar surface area (TPSA) is 26.3 Å². The number of carbonyl (C=O) groups excluding carboxylic acids is 1. The zero-order valence-electron chi connectivity index (χ0n) is 10.3. The molecule has 1 unspecified atom stereocenters. The molecule has 1 aliphatic rings. The highest BCUT2D eigenvalue weighted by molar-refractivity contribution is 9.11. The van der Waals surface area contributed by atoms with Gasteiger partial charge in [-0.25, -0.2) is 0 Å². The summed E-state index contributed by atoms with van der Waals surface area (Å²) in [5.41, 5.74) is -0.0888. The Morgan fingerprint density at radius 2 is 1.67 bits per heavy atom. The van der Waals surface area contributed by atoms with Gasteiger partial charge in [0.15, 0.2) is 0 Å². The molecule has 86 valence electrons. The van der Waals surface area contributed by atoms with Gasteiger partial charge in [0, 0.05) is 4.48 Å². The SMILES string of the molecule is CC(C)(C)/C(Br)=C1\OC(=O)C1C(C)(C)C. The third-order valence-electron chi connectivity index (χ3n) is 2.45. The van der Waals surface area contributed by atoms with Crippen molar-refractivity contribution < 1.29 is 9.53 Å². The Morgan fingerprint density at radius 1 is 1.20 bits per heavy atom. The van der Waals surface area contributed by atoms with Crippen LogP contribution in [-0.4, -0.2) is 5.97 Å². The summed E-state index contributed by atoms with van der Waals surface area (Å²) in [5, 5.41) is 0. The third kappa shape index (κ3) is 2.44. The molecular weight excluding hydrogens is 256 g/mol. The monoisotopic (exact) mass is 274 g/mol. The molecule has 0 aromatic rings. The number of rotatable bonds is 0. The number of halogens is 1. The van der Waals surface area contributed by atoms with Crippen molar-refractivity contribution in [2.45, 2.75) is 41.5 Å². The molecule has 0 amide bonds. The molecule has 0 saturated carbocycles. The minimum absolute atomic E-state index is 0.0144. The van der Waals surface area contributed by atoms with E-state index in [1.54, 1.807) is 0 Å². The predicted octanol–water partition coefficient (Wildman–Crippen LogP) is 3.86. The van der Waals surface area contributed by atoms with Crippen molar-refractivity contribution in [1.82, 2.24) is 0 Å². The molecule has 0 aromatic heterocycles. The Labute approximate surface area is 100 Å². The summed E-state index contributed by atoms with van der Waals surface area (Å²) in [4.78, 5) is 11.4. The molecule has 1 rings (SSSR count). The molecule has 0 N–H and O–H groups in total. The van der Waals surface area contributed by atoms with E-state index in [1.165, 1.54) is 0 Å². The number of hydrogen-bond donors (Lipinski definition) is 0. The summed E-state index contributed by atoms with van der Waals surface area (Å²) in [5.74, 6) is 0.588. The lowest BCUT2D eigenvalue weighted by Crippen LogP contribution is -2.42. The molecule has 0 radical (unpaired) electrons. The number of hydrogen-bond acceptors (Lipinski definition) is 2. The Hall–Kier alpha value is -0.310. The fraction of sp³-hybridized carbons (Fsp3) is 0.750. The van der Waals surface area contributed by atoms with Gasteiger partial charge in [-0.2, -0.15) is 0 Å². The Morgan fingerprint density at radius 3 is 1.93 bits per heavy atom. The van der Waals surface area contributed by atoms with Crippen molar-refractivity contribution in [3.8, 4) is 0 Å². The number of cyclic esters (lactones) is 1. The van der Waals surface area contributed by atoms with Gasteiger partial charge < -0.3 is 4.74 Å². The molecule has 0 spiro atoms. The van der Waals surface area contributed by atoms with Crippen LogP contribution in [0.25, 0.3) is 0 Å². The fourth-order valence-electron chi connectivity index (χ4n) is 1.56. The first-order chi connectivity index (χ1) is 6.55. The number of allylic oxidation sites excluding steroid dienone is 1. The van der Waals surface area contributed by atoms with Crippen molar-refractivity contribution in [3.05, 3.63) is 10.2 Å². The van der Waals surface area contributed by atoms with Crippen LogP contribution in [0.15, 0.2) is 10.2 Å². The van der Waals surface area contributed by atoms with Gasteiger partial charge in [-0.05, 0) is 10.8 Å². The standard InChI is InChI=1S/C12H19BrO2/c1-11(2,3)7-8(15-10(7)14)9(13)12(4,5)6/h7H,1-6H3/b9-8+. The smallest absolute Gasteiger partial charge is 0.322 e. The number of esters is 1. The van der Waals surface area contributed by atoms with E-state index >= 15 is 0 Å². The summed E-state index contributed by atoms with van der Waals surface area (Å²) in [7, 11) is 0. The molecule has 2 nitrogen and oxygen atoms in total. The Balaban J connectivity index is 3.06. The molecule has 1 aliphatic heterocycles. The summed E-state index contributed by atoms with van der Waals surface area (Å²) in [6.07, 6.45) is 0. The van der Waals surface area contributed by atoms with E-state index in [0.29, 0.717) is 0 Å². The van der Waals surface area contributed by atoms with Crippen LogP contribution in [0.1, 0.15) is 41.5 Å². The molecule has 1 heterocycles. The quantitative estimate of drug-likeness (QED) is 0.627. The van der Waals surface area contributed by atoms with E-state index in [4.69, 9.17) is 4.74 Å². The van der Waals surface area contributed by atoms with Gasteiger partial charge in [0.1, 0.15) is 11.7 Å². The van der Waals surface area contributed by atoms with E-state index < -0.39 is 0 Å². The van der Waals surface area contributed by atoms with Gasteiger partial charge in [0.05, 0.1) is 0 Å². The summed E-state index contributed by atoms with van der Waals surface area (Å²) >= 11 is 3.54. The maximum atomic E-state index is 11.4. The first-order valence-corrected chi connectivity index (χ1v) is 5.96. The van der Waals surface area contributed by atoms with Crippen LogP contribution in [0.2, 0.25) is 0 Å². The van der Waals surface area contributed by atoms with E-state index in [1.807, 2.05) is 0 Å². The average molecular weight is 275 g/mol. The molecule has 0 bridgehead atoms. The van der Waals surface area contributed by atoms with E-state index in [0.717, 1.165) is 10.2 Å². The van der Waals surface area contributed by atoms with Gasteiger partial charge in [0.2, 0.25) is 0 Å². The lowest BCUT2D eigenvalue weighted by molar-refractivity contribution is -0.163. The maximum Gasteiger partial charge on any atom is 0.322 e. The lowest BCUT2D eigenvalue weighted by atomic mass is 9.75. The normalized spacial score (nSPS) is 25.8. The zero-order chi connectivity index (χ0) is 12.0. The van der Waals surface area contributed by atoms with Gasteiger partial charge in [-0.3, -0.25) is 4.79 Å². The van der Waals surface area contributed by atoms with E-state index in [-0.39, 0.29) is 22.7 Å². The minimum atomic E-state index is -0.112. The summed E-state index contributed by atoms with van der Waals surface area (Å²) in [6.45, 7) is 12.4. The van der Waals surface area contributed by atoms with Crippen molar-refractivity contribution in [3.63, 3.8) is 0 Å². The van der Waals surface area contributed by atoms with Crippen molar-refractivity contribution in [2.75, 3.05) is 0 Å². The van der Waals surface area contributed by atoms with Crippen LogP contribution in [0.4, 0.5) is 0 Å². The van der Waals surface area contributed by atoms with E-state index in [2.05, 4.69) is 57.5 Å². The second-order valence-electron chi connectivity index (χ2n) is 6.15. The van der Waals surface area contributed by atoms with Gasteiger partial charge in [0.25, 0.3) is 0 Å².